The van der Waals surface area contributed by atoms with Gasteiger partial charge in [-0.3, -0.25) is 9.59 Å². The Hall–Kier alpha value is -2.86. The van der Waals surface area contributed by atoms with E-state index < -0.39 is 17.7 Å². The quantitative estimate of drug-likeness (QED) is 0.677. The summed E-state index contributed by atoms with van der Waals surface area (Å²) in [7, 11) is 1.39. The number of aliphatic hydroxyl groups is 1. The maximum Gasteiger partial charge on any atom is 0.201 e. The second-order valence-corrected chi connectivity index (χ2v) is 5.82. The van der Waals surface area contributed by atoms with Crippen LogP contribution in [0.5, 0.6) is 17.2 Å². The van der Waals surface area contributed by atoms with Gasteiger partial charge in [-0.05, 0) is 37.1 Å². The summed E-state index contributed by atoms with van der Waals surface area (Å²) in [6, 6.07) is 5.47. The van der Waals surface area contributed by atoms with Gasteiger partial charge in [0.15, 0.2) is 5.78 Å². The van der Waals surface area contributed by atoms with Gasteiger partial charge in [-0.1, -0.05) is 0 Å². The lowest BCUT2D eigenvalue weighted by atomic mass is 9.81. The lowest BCUT2D eigenvalue weighted by molar-refractivity contribution is 0.0973. The minimum atomic E-state index is -0.659. The molecule has 24 heavy (non-hydrogen) atoms. The first-order valence-corrected chi connectivity index (χ1v) is 7.37. The Kier molecular flexibility index (Phi) is 3.77. The molecule has 124 valence electrons. The third-order valence-corrected chi connectivity index (χ3v) is 3.98. The van der Waals surface area contributed by atoms with E-state index in [-0.39, 0.29) is 45.9 Å². The molecule has 0 saturated heterocycles. The number of carbonyl (C=O) groups excluding carboxylic acids is 2. The van der Waals surface area contributed by atoms with Crippen molar-refractivity contribution in [2.75, 3.05) is 7.11 Å². The van der Waals surface area contributed by atoms with Gasteiger partial charge in [-0.25, -0.2) is 0 Å². The monoisotopic (exact) mass is 328 g/mol. The van der Waals surface area contributed by atoms with Crippen molar-refractivity contribution in [2.24, 2.45) is 0 Å². The van der Waals surface area contributed by atoms with Gasteiger partial charge in [0, 0.05) is 17.2 Å². The predicted molar refractivity (Wildman–Crippen MR) is 85.0 cm³/mol. The zero-order valence-electron chi connectivity index (χ0n) is 13.2. The Morgan fingerprint density at radius 2 is 1.54 bits per heavy atom. The van der Waals surface area contributed by atoms with E-state index in [4.69, 9.17) is 4.74 Å². The Morgan fingerprint density at radius 1 is 0.958 bits per heavy atom. The number of hydrogen-bond acceptors (Lipinski definition) is 6. The van der Waals surface area contributed by atoms with E-state index in [1.54, 1.807) is 6.92 Å². The van der Waals surface area contributed by atoms with Crippen LogP contribution in [0.4, 0.5) is 0 Å². The van der Waals surface area contributed by atoms with Crippen LogP contribution in [-0.2, 0) is 6.42 Å². The maximum atomic E-state index is 12.8. The number of ketones is 2. The van der Waals surface area contributed by atoms with Crippen LogP contribution >= 0.6 is 0 Å². The number of phenols is 2. The molecule has 0 saturated carbocycles. The van der Waals surface area contributed by atoms with Crippen molar-refractivity contribution in [3.63, 3.8) is 0 Å². The number of benzene rings is 2. The summed E-state index contributed by atoms with van der Waals surface area (Å²) in [6.07, 6.45) is -0.424. The molecule has 6 heteroatoms. The number of fused-ring (bicyclic) bond motifs is 2. The number of ether oxygens (including phenoxy) is 1. The van der Waals surface area contributed by atoms with Crippen molar-refractivity contribution >= 4 is 11.6 Å². The molecule has 2 aromatic carbocycles. The minimum absolute atomic E-state index is 0.0259. The molecular formula is C18H16O6. The molecular weight excluding hydrogens is 312 g/mol. The average molecular weight is 328 g/mol. The summed E-state index contributed by atoms with van der Waals surface area (Å²) in [5.74, 6) is -1.58. The largest absolute Gasteiger partial charge is 0.507 e. The minimum Gasteiger partial charge on any atom is -0.507 e. The number of rotatable bonds is 3. The van der Waals surface area contributed by atoms with Crippen molar-refractivity contribution in [1.82, 2.24) is 0 Å². The van der Waals surface area contributed by atoms with Gasteiger partial charge in [0.25, 0.3) is 0 Å². The lowest BCUT2D eigenvalue weighted by Crippen LogP contribution is -2.22. The Labute approximate surface area is 137 Å². The van der Waals surface area contributed by atoms with Crippen molar-refractivity contribution in [3.8, 4) is 17.2 Å². The number of methoxy groups -OCH3 is 1. The van der Waals surface area contributed by atoms with Crippen LogP contribution in [-0.4, -0.2) is 40.1 Å². The lowest BCUT2D eigenvalue weighted by Gasteiger charge is -2.21. The van der Waals surface area contributed by atoms with Crippen molar-refractivity contribution in [3.05, 3.63) is 52.1 Å². The molecule has 3 rings (SSSR count). The van der Waals surface area contributed by atoms with Gasteiger partial charge in [-0.15, -0.1) is 0 Å². The van der Waals surface area contributed by atoms with Gasteiger partial charge in [-0.2, -0.15) is 0 Å². The molecule has 0 aliphatic heterocycles. The fraction of sp³-hybridized carbons (Fsp3) is 0.222. The normalized spacial score (nSPS) is 14.1. The predicted octanol–water partition coefficient (Wildman–Crippen LogP) is 1.81. The van der Waals surface area contributed by atoms with Crippen molar-refractivity contribution in [1.29, 1.82) is 0 Å². The Morgan fingerprint density at radius 3 is 2.12 bits per heavy atom. The van der Waals surface area contributed by atoms with E-state index in [9.17, 15) is 24.9 Å². The van der Waals surface area contributed by atoms with Crippen LogP contribution in [0.15, 0.2) is 24.3 Å². The number of phenolic OH excluding ortho intramolecular Hbond substituents is 2. The van der Waals surface area contributed by atoms with Crippen molar-refractivity contribution in [2.45, 2.75) is 19.4 Å². The smallest absolute Gasteiger partial charge is 0.201 e. The zero-order chi connectivity index (χ0) is 17.6. The van der Waals surface area contributed by atoms with E-state index in [2.05, 4.69) is 0 Å². The number of aliphatic hydroxyl groups excluding tert-OH is 1. The molecule has 0 radical (unpaired) electrons. The maximum absolute atomic E-state index is 12.8. The van der Waals surface area contributed by atoms with E-state index in [1.807, 2.05) is 0 Å². The highest BCUT2D eigenvalue weighted by molar-refractivity contribution is 6.30. The molecule has 0 fully saturated rings. The third kappa shape index (κ3) is 2.41. The number of aromatic hydroxyl groups is 2. The fourth-order valence-electron chi connectivity index (χ4n) is 2.97. The SMILES string of the molecule is COc1cc(O)c2c(c1)C(=O)c1cc(C[C@H](C)O)cc(O)c1C2=O. The summed E-state index contributed by atoms with van der Waals surface area (Å²) in [5, 5.41) is 29.8. The molecule has 6 nitrogen and oxygen atoms in total. The summed E-state index contributed by atoms with van der Waals surface area (Å²) in [6.45, 7) is 1.58. The van der Waals surface area contributed by atoms with Gasteiger partial charge >= 0.3 is 0 Å². The summed E-state index contributed by atoms with van der Waals surface area (Å²) in [4.78, 5) is 25.4. The molecule has 0 unspecified atom stereocenters. The van der Waals surface area contributed by atoms with Crippen LogP contribution < -0.4 is 4.74 Å². The number of carbonyl (C=O) groups is 2. The second-order valence-electron chi connectivity index (χ2n) is 5.82. The van der Waals surface area contributed by atoms with E-state index in [0.717, 1.165) is 0 Å². The highest BCUT2D eigenvalue weighted by atomic mass is 16.5. The highest BCUT2D eigenvalue weighted by Gasteiger charge is 2.35. The third-order valence-electron chi connectivity index (χ3n) is 3.98. The molecule has 3 N–H and O–H groups in total. The van der Waals surface area contributed by atoms with E-state index in [0.29, 0.717) is 5.56 Å². The van der Waals surface area contributed by atoms with Crippen LogP contribution in [0.2, 0.25) is 0 Å². The molecule has 1 aliphatic carbocycles. The molecule has 1 atom stereocenters. The zero-order valence-corrected chi connectivity index (χ0v) is 13.2. The molecule has 0 amide bonds. The first-order valence-electron chi connectivity index (χ1n) is 7.37. The van der Waals surface area contributed by atoms with E-state index in [1.165, 1.54) is 31.4 Å². The summed E-state index contributed by atoms with van der Waals surface area (Å²) >= 11 is 0. The summed E-state index contributed by atoms with van der Waals surface area (Å²) in [5.41, 5.74) is 0.334. The van der Waals surface area contributed by atoms with Gasteiger partial charge < -0.3 is 20.1 Å². The molecule has 1 aliphatic rings. The van der Waals surface area contributed by atoms with Crippen molar-refractivity contribution < 1.29 is 29.6 Å². The number of hydrogen-bond donors (Lipinski definition) is 3. The van der Waals surface area contributed by atoms with Crippen LogP contribution in [0.1, 0.15) is 44.3 Å². The first-order chi connectivity index (χ1) is 11.3. The van der Waals surface area contributed by atoms with Gasteiger partial charge in [0.05, 0.1) is 24.3 Å². The molecule has 0 heterocycles. The standard InChI is InChI=1S/C18H16O6/c1-8(19)3-9-4-11-15(13(20)5-9)18(23)16-12(17(11)22)6-10(24-2)7-14(16)21/h4-8,19-21H,3H2,1-2H3/t8-/m0/s1. The highest BCUT2D eigenvalue weighted by Crippen LogP contribution is 2.39. The molecule has 2 aromatic rings. The van der Waals surface area contributed by atoms with Crippen LogP contribution in [0.25, 0.3) is 0 Å². The summed E-state index contributed by atoms with van der Waals surface area (Å²) < 4.78 is 5.03. The van der Waals surface area contributed by atoms with Gasteiger partial charge in [0.2, 0.25) is 5.78 Å². The second kappa shape index (κ2) is 5.65. The molecule has 0 spiro atoms. The fourth-order valence-corrected chi connectivity index (χ4v) is 2.97. The average Bonchev–Trinajstić information content (AvgIpc) is 2.50. The molecule has 0 bridgehead atoms. The molecule has 0 aromatic heterocycles. The Bertz CT molecular complexity index is 866. The van der Waals surface area contributed by atoms with Crippen LogP contribution in [0.3, 0.4) is 0 Å². The topological polar surface area (TPSA) is 104 Å². The van der Waals surface area contributed by atoms with Crippen LogP contribution in [0, 0.1) is 0 Å². The van der Waals surface area contributed by atoms with Gasteiger partial charge in [0.1, 0.15) is 17.2 Å². The first kappa shape index (κ1) is 16.0. The Balaban J connectivity index is 2.23. The van der Waals surface area contributed by atoms with E-state index >= 15 is 0 Å².